The molecule has 0 aromatic carbocycles. The second kappa shape index (κ2) is 1.09. The summed E-state index contributed by atoms with van der Waals surface area (Å²) in [4.78, 5) is 0. The van der Waals surface area contributed by atoms with Crippen LogP contribution in [0.15, 0.2) is 10.4 Å². The van der Waals surface area contributed by atoms with Crippen molar-refractivity contribution >= 4 is 0 Å². The van der Waals surface area contributed by atoms with Crippen molar-refractivity contribution in [3.63, 3.8) is 0 Å². The van der Waals surface area contributed by atoms with E-state index in [4.69, 9.17) is 5.84 Å². The molecule has 1 heterocycles. The molecule has 0 atom stereocenters. The Balaban J connectivity index is 2.38. The predicted octanol–water partition coefficient (Wildman–Crippen LogP) is -0.995. The normalized spacial score (nSPS) is 18.5. The number of hydrazine groups is 1. The number of rotatable bonds is 0. The van der Waals surface area contributed by atoms with E-state index < -0.39 is 0 Å². The fraction of sp³-hybridized carbons (Fsp3) is 1.00. The van der Waals surface area contributed by atoms with Crippen LogP contribution in [0.5, 0.6) is 0 Å². The second-order valence-electron chi connectivity index (χ2n) is 0.945. The van der Waals surface area contributed by atoms with Gasteiger partial charge in [0.2, 0.25) is 0 Å². The van der Waals surface area contributed by atoms with Crippen LogP contribution < -0.4 is 11.3 Å². The smallest absolute Gasteiger partial charge is 0.141 e. The van der Waals surface area contributed by atoms with Crippen molar-refractivity contribution in [3.8, 4) is 0 Å². The zero-order chi connectivity index (χ0) is 4.41. The van der Waals surface area contributed by atoms with E-state index in [2.05, 4.69) is 15.9 Å². The largest absolute Gasteiger partial charge is 0.267 e. The summed E-state index contributed by atoms with van der Waals surface area (Å²) in [6.07, 6.45) is 0. The molecule has 0 amide bonds. The lowest BCUT2D eigenvalue weighted by molar-refractivity contribution is 0.320. The van der Waals surface area contributed by atoms with Crippen molar-refractivity contribution < 1.29 is 0 Å². The van der Waals surface area contributed by atoms with E-state index in [9.17, 15) is 0 Å². The molecule has 34 valence electrons. The van der Waals surface area contributed by atoms with Crippen LogP contribution >= 0.6 is 0 Å². The van der Waals surface area contributed by atoms with Crippen molar-refractivity contribution in [1.82, 2.24) is 10.5 Å². The van der Waals surface area contributed by atoms with Crippen LogP contribution in [-0.2, 0) is 0 Å². The summed E-state index contributed by atoms with van der Waals surface area (Å²) in [5, 5.41) is 7.91. The van der Waals surface area contributed by atoms with Gasteiger partial charge in [-0.05, 0) is 5.22 Å². The first-order valence-electron chi connectivity index (χ1n) is 1.55. The van der Waals surface area contributed by atoms with Crippen molar-refractivity contribution in [2.75, 3.05) is 6.67 Å². The highest BCUT2D eigenvalue weighted by Gasteiger charge is 1.94. The van der Waals surface area contributed by atoms with E-state index in [-0.39, 0.29) is 0 Å². The van der Waals surface area contributed by atoms with Gasteiger partial charge in [0.05, 0.1) is 0 Å². The van der Waals surface area contributed by atoms with Crippen molar-refractivity contribution in [2.24, 2.45) is 16.3 Å². The van der Waals surface area contributed by atoms with Crippen molar-refractivity contribution in [2.45, 2.75) is 0 Å². The maximum Gasteiger partial charge on any atom is 0.141 e. The van der Waals surface area contributed by atoms with Gasteiger partial charge in [-0.2, -0.15) is 5.12 Å². The second-order valence-corrected chi connectivity index (χ2v) is 0.945. The van der Waals surface area contributed by atoms with E-state index in [0.29, 0.717) is 6.67 Å². The highest BCUT2D eigenvalue weighted by Crippen LogP contribution is 1.82. The molecule has 1 rings (SSSR count). The van der Waals surface area contributed by atoms with Gasteiger partial charge < -0.3 is 0 Å². The molecule has 1 aliphatic heterocycles. The van der Waals surface area contributed by atoms with Gasteiger partial charge in [0.1, 0.15) is 6.67 Å². The fourth-order valence-electron chi connectivity index (χ4n) is 0.225. The van der Waals surface area contributed by atoms with Crippen molar-refractivity contribution in [3.05, 3.63) is 0 Å². The Morgan fingerprint density at radius 3 is 2.83 bits per heavy atom. The molecule has 0 saturated carbocycles. The molecule has 0 radical (unpaired) electrons. The molecule has 6 heavy (non-hydrogen) atoms. The summed E-state index contributed by atoms with van der Waals surface area (Å²) in [6, 6.07) is 0. The zero-order valence-corrected chi connectivity index (χ0v) is 3.13. The van der Waals surface area contributed by atoms with Crippen LogP contribution in [0, 0.1) is 0 Å². The van der Waals surface area contributed by atoms with Gasteiger partial charge in [-0.1, -0.05) is 5.22 Å². The Hall–Kier alpha value is -0.840. The summed E-state index contributed by atoms with van der Waals surface area (Å²) < 4.78 is 0. The van der Waals surface area contributed by atoms with E-state index in [1.165, 1.54) is 5.12 Å². The molecular formula is CH5N5. The van der Waals surface area contributed by atoms with Gasteiger partial charge in [-0.25, -0.2) is 5.84 Å². The van der Waals surface area contributed by atoms with Gasteiger partial charge in [-0.15, -0.1) is 0 Å². The predicted molar refractivity (Wildman–Crippen MR) is 18.9 cm³/mol. The lowest BCUT2D eigenvalue weighted by Crippen LogP contribution is -2.26. The molecule has 0 aromatic heterocycles. The molecule has 3 N–H and O–H groups in total. The monoisotopic (exact) mass is 87.1 g/mol. The Morgan fingerprint density at radius 1 is 1.83 bits per heavy atom. The zero-order valence-electron chi connectivity index (χ0n) is 3.13. The van der Waals surface area contributed by atoms with Crippen LogP contribution in [0.2, 0.25) is 0 Å². The third-order valence-corrected chi connectivity index (χ3v) is 0.463. The van der Waals surface area contributed by atoms with Gasteiger partial charge in [0, 0.05) is 0 Å². The van der Waals surface area contributed by atoms with E-state index in [0.717, 1.165) is 0 Å². The Morgan fingerprint density at radius 2 is 2.67 bits per heavy atom. The summed E-state index contributed by atoms with van der Waals surface area (Å²) in [7, 11) is 0. The Bertz CT molecular complexity index is 66.3. The highest BCUT2D eigenvalue weighted by atomic mass is 15.8. The molecule has 5 heteroatoms. The first-order chi connectivity index (χ1) is 2.89. The highest BCUT2D eigenvalue weighted by molar-refractivity contribution is 4.34. The third-order valence-electron chi connectivity index (χ3n) is 0.463. The molecule has 0 bridgehead atoms. The van der Waals surface area contributed by atoms with Crippen molar-refractivity contribution in [1.29, 1.82) is 0 Å². The maximum atomic E-state index is 5.05. The molecule has 0 aliphatic carbocycles. The molecule has 1 aliphatic rings. The molecule has 5 nitrogen and oxygen atoms in total. The van der Waals surface area contributed by atoms with E-state index in [1.807, 2.05) is 0 Å². The van der Waals surface area contributed by atoms with Crippen LogP contribution in [-0.4, -0.2) is 11.8 Å². The molecule has 0 saturated heterocycles. The SMILES string of the molecule is NN1CNN=N1. The quantitative estimate of drug-likeness (QED) is 0.372. The first-order valence-corrected chi connectivity index (χ1v) is 1.55. The number of hydrogen-bond donors (Lipinski definition) is 2. The molecule has 0 aromatic rings. The van der Waals surface area contributed by atoms with Gasteiger partial charge in [0.25, 0.3) is 0 Å². The van der Waals surface area contributed by atoms with Gasteiger partial charge in [-0.3, -0.25) is 5.43 Å². The number of nitrogens with one attached hydrogen (secondary N) is 1. The fourth-order valence-corrected chi connectivity index (χ4v) is 0.225. The average molecular weight is 87.1 g/mol. The first kappa shape index (κ1) is 3.35. The molecular weight excluding hydrogens is 82.0 g/mol. The minimum absolute atomic E-state index is 0.514. The number of nitrogens with two attached hydrogens (primary N) is 1. The molecule has 0 spiro atoms. The van der Waals surface area contributed by atoms with Crippen LogP contribution in [0.3, 0.4) is 0 Å². The maximum absolute atomic E-state index is 5.05. The number of hydrogen-bond acceptors (Lipinski definition) is 5. The lowest BCUT2D eigenvalue weighted by atomic mass is 11.2. The topological polar surface area (TPSA) is 66.0 Å². The number of nitrogens with zero attached hydrogens (tertiary/aromatic N) is 3. The third kappa shape index (κ3) is 0.389. The Kier molecular flexibility index (Phi) is 0.612. The van der Waals surface area contributed by atoms with Crippen LogP contribution in [0.1, 0.15) is 0 Å². The average Bonchev–Trinajstić information content (AvgIpc) is 1.86. The summed E-state index contributed by atoms with van der Waals surface area (Å²) in [5.41, 5.74) is 2.53. The minimum atomic E-state index is 0.514. The summed E-state index contributed by atoms with van der Waals surface area (Å²) in [5.74, 6) is 5.05. The minimum Gasteiger partial charge on any atom is -0.267 e. The summed E-state index contributed by atoms with van der Waals surface area (Å²) in [6.45, 7) is 0.514. The van der Waals surface area contributed by atoms with Gasteiger partial charge >= 0.3 is 0 Å². The van der Waals surface area contributed by atoms with E-state index in [1.54, 1.807) is 0 Å². The Labute approximate surface area is 34.7 Å². The molecule has 0 unspecified atom stereocenters. The van der Waals surface area contributed by atoms with Crippen LogP contribution in [0.4, 0.5) is 0 Å². The van der Waals surface area contributed by atoms with E-state index >= 15 is 0 Å². The summed E-state index contributed by atoms with van der Waals surface area (Å²) >= 11 is 0. The lowest BCUT2D eigenvalue weighted by Gasteiger charge is -1.96. The van der Waals surface area contributed by atoms with Gasteiger partial charge in [0.15, 0.2) is 0 Å². The van der Waals surface area contributed by atoms with Crippen LogP contribution in [0.25, 0.3) is 0 Å². The standard InChI is InChI=1S/CH5N5/c2-6-1-3-4-5-6/h1-2H2,(H,3,5). The molecule has 0 fully saturated rings.